The van der Waals surface area contributed by atoms with E-state index in [0.29, 0.717) is 5.92 Å². The number of para-hydroxylation sites is 2. The van der Waals surface area contributed by atoms with Crippen LogP contribution in [0.2, 0.25) is 0 Å². The predicted octanol–water partition coefficient (Wildman–Crippen LogP) is 8.14. The van der Waals surface area contributed by atoms with Gasteiger partial charge in [0.2, 0.25) is 0 Å². The summed E-state index contributed by atoms with van der Waals surface area (Å²) in [6, 6.07) is 26.5. The molecule has 0 radical (unpaired) electrons. The predicted molar refractivity (Wildman–Crippen MR) is 128 cm³/mol. The van der Waals surface area contributed by atoms with E-state index < -0.39 is 0 Å². The molecule has 30 heavy (non-hydrogen) atoms. The molecule has 1 heteroatoms. The van der Waals surface area contributed by atoms with Gasteiger partial charge in [-0.15, -0.1) is 0 Å². The van der Waals surface area contributed by atoms with Crippen LogP contribution >= 0.6 is 0 Å². The molecule has 3 aromatic rings. The minimum atomic E-state index is 0.133. The molecule has 5 rings (SSSR count). The zero-order chi connectivity index (χ0) is 21.3. The van der Waals surface area contributed by atoms with E-state index in [1.165, 1.54) is 17.1 Å². The summed E-state index contributed by atoms with van der Waals surface area (Å²) in [5.74, 6) is 0.612. The molecule has 0 heterocycles. The average molecular weight is 396 g/mol. The van der Waals surface area contributed by atoms with Gasteiger partial charge in [-0.3, -0.25) is 0 Å². The second kappa shape index (κ2) is 6.23. The van der Waals surface area contributed by atoms with Crippen molar-refractivity contribution in [1.29, 1.82) is 0 Å². The molecule has 0 fully saturated rings. The highest BCUT2D eigenvalue weighted by Gasteiger charge is 2.60. The van der Waals surface area contributed by atoms with Crippen LogP contribution in [0.3, 0.4) is 0 Å². The Hall–Kier alpha value is -2.54. The Morgan fingerprint density at radius 3 is 1.77 bits per heavy atom. The lowest BCUT2D eigenvalue weighted by molar-refractivity contribution is 0.106. The molecular weight excluding hydrogens is 362 g/mol. The van der Waals surface area contributed by atoms with E-state index in [9.17, 15) is 0 Å². The molecule has 0 aromatic heterocycles. The Morgan fingerprint density at radius 1 is 0.700 bits per heavy atom. The van der Waals surface area contributed by atoms with Gasteiger partial charge in [0, 0.05) is 17.1 Å². The number of benzene rings is 3. The van der Waals surface area contributed by atoms with Crippen LogP contribution in [0.1, 0.15) is 64.2 Å². The Balaban J connectivity index is 1.76. The molecule has 0 spiro atoms. The highest BCUT2D eigenvalue weighted by atomic mass is 15.1. The van der Waals surface area contributed by atoms with Crippen LogP contribution in [0.15, 0.2) is 72.8 Å². The molecule has 3 aromatic carbocycles. The largest absolute Gasteiger partial charge is 0.310 e. The summed E-state index contributed by atoms with van der Waals surface area (Å²) in [5, 5.41) is 0. The van der Waals surface area contributed by atoms with Gasteiger partial charge in [-0.1, -0.05) is 77.9 Å². The van der Waals surface area contributed by atoms with E-state index in [1.54, 1.807) is 16.7 Å². The first-order valence-electron chi connectivity index (χ1n) is 11.2. The summed E-state index contributed by atoms with van der Waals surface area (Å²) < 4.78 is 0. The van der Waals surface area contributed by atoms with Crippen LogP contribution in [0.4, 0.5) is 17.1 Å². The fraction of sp³-hybridized carbons (Fsp3) is 0.379. The van der Waals surface area contributed by atoms with Crippen molar-refractivity contribution >= 4 is 17.1 Å². The topological polar surface area (TPSA) is 3.24 Å². The average Bonchev–Trinajstić information content (AvgIpc) is 3.07. The van der Waals surface area contributed by atoms with Gasteiger partial charge in [-0.05, 0) is 81.7 Å². The Kier molecular flexibility index (Phi) is 4.04. The molecular formula is C29H33N. The van der Waals surface area contributed by atoms with Gasteiger partial charge in [0.15, 0.2) is 0 Å². The summed E-state index contributed by atoms with van der Waals surface area (Å²) in [7, 11) is 0. The third-order valence-corrected chi connectivity index (χ3v) is 8.26. The van der Waals surface area contributed by atoms with Crippen molar-refractivity contribution in [3.05, 3.63) is 89.5 Å². The molecule has 0 saturated carbocycles. The summed E-state index contributed by atoms with van der Waals surface area (Å²) >= 11 is 0. The Bertz CT molecular complexity index is 1050. The van der Waals surface area contributed by atoms with E-state index in [4.69, 9.17) is 0 Å². The van der Waals surface area contributed by atoms with Crippen molar-refractivity contribution in [2.24, 2.45) is 10.8 Å². The first-order valence-corrected chi connectivity index (χ1v) is 11.2. The number of hydrogen-bond donors (Lipinski definition) is 0. The normalized spacial score (nSPS) is 22.0. The van der Waals surface area contributed by atoms with Crippen molar-refractivity contribution in [3.8, 4) is 0 Å². The smallest absolute Gasteiger partial charge is 0.0467 e. The van der Waals surface area contributed by atoms with Crippen molar-refractivity contribution in [2.45, 2.75) is 59.3 Å². The van der Waals surface area contributed by atoms with Crippen LogP contribution in [0.25, 0.3) is 0 Å². The number of hydrogen-bond acceptors (Lipinski definition) is 1. The van der Waals surface area contributed by atoms with Gasteiger partial charge < -0.3 is 4.90 Å². The molecule has 1 atom stereocenters. The molecule has 1 nitrogen and oxygen atoms in total. The maximum absolute atomic E-state index is 2.49. The third kappa shape index (κ3) is 2.54. The second-order valence-corrected chi connectivity index (χ2v) is 11.0. The first-order chi connectivity index (χ1) is 14.1. The zero-order valence-corrected chi connectivity index (χ0v) is 19.2. The van der Waals surface area contributed by atoms with Crippen LogP contribution < -0.4 is 4.90 Å². The fourth-order valence-electron chi connectivity index (χ4n) is 6.46. The monoisotopic (exact) mass is 395 g/mol. The lowest BCUT2D eigenvalue weighted by Crippen LogP contribution is -2.39. The molecule has 0 amide bonds. The summed E-state index contributed by atoms with van der Waals surface area (Å²) in [4.78, 5) is 2.42. The summed E-state index contributed by atoms with van der Waals surface area (Å²) in [5.41, 5.74) is 9.09. The number of rotatable bonds is 3. The summed E-state index contributed by atoms with van der Waals surface area (Å²) in [6.45, 7) is 14.8. The van der Waals surface area contributed by atoms with Gasteiger partial charge in [0.25, 0.3) is 0 Å². The zero-order valence-electron chi connectivity index (χ0n) is 19.2. The molecule has 2 aliphatic carbocycles. The lowest BCUT2D eigenvalue weighted by Gasteiger charge is -2.45. The van der Waals surface area contributed by atoms with Crippen LogP contribution in [-0.4, -0.2) is 0 Å². The molecule has 154 valence electrons. The van der Waals surface area contributed by atoms with Crippen molar-refractivity contribution < 1.29 is 0 Å². The minimum absolute atomic E-state index is 0.133. The van der Waals surface area contributed by atoms with Gasteiger partial charge in [0.1, 0.15) is 0 Å². The van der Waals surface area contributed by atoms with Crippen LogP contribution in [-0.2, 0) is 11.8 Å². The van der Waals surface area contributed by atoms with Gasteiger partial charge >= 0.3 is 0 Å². The van der Waals surface area contributed by atoms with E-state index in [2.05, 4.69) is 119 Å². The van der Waals surface area contributed by atoms with Gasteiger partial charge in [-0.25, -0.2) is 0 Å². The van der Waals surface area contributed by atoms with Crippen LogP contribution in [0.5, 0.6) is 0 Å². The molecule has 0 N–H and O–H groups in total. The van der Waals surface area contributed by atoms with Crippen molar-refractivity contribution in [1.82, 2.24) is 0 Å². The van der Waals surface area contributed by atoms with E-state index in [0.717, 1.165) is 6.42 Å². The van der Waals surface area contributed by atoms with Gasteiger partial charge in [0.05, 0.1) is 0 Å². The second-order valence-electron chi connectivity index (χ2n) is 11.0. The maximum Gasteiger partial charge on any atom is 0.0467 e. The maximum atomic E-state index is 2.49. The highest BCUT2D eigenvalue weighted by molar-refractivity contribution is 5.78. The third-order valence-electron chi connectivity index (χ3n) is 8.26. The standard InChI is InChI=1S/C29H33N/c1-27(2)19-20-17-23(18-24-25(20)26(27)29(5,6)28(24,3)4)30(21-13-9-7-10-14-21)22-15-11-8-12-16-22/h7-18,26H,19H2,1-6H3. The molecule has 1 unspecified atom stereocenters. The van der Waals surface area contributed by atoms with E-state index in [1.807, 2.05) is 0 Å². The van der Waals surface area contributed by atoms with E-state index >= 15 is 0 Å². The molecule has 2 aliphatic rings. The number of nitrogens with zero attached hydrogens (tertiary/aromatic N) is 1. The molecule has 0 aliphatic heterocycles. The molecule has 0 saturated heterocycles. The Labute approximate surface area is 181 Å². The highest BCUT2D eigenvalue weighted by Crippen LogP contribution is 2.68. The fourth-order valence-corrected chi connectivity index (χ4v) is 6.46. The first kappa shape index (κ1) is 19.4. The minimum Gasteiger partial charge on any atom is -0.310 e. The van der Waals surface area contributed by atoms with Crippen molar-refractivity contribution in [3.63, 3.8) is 0 Å². The van der Waals surface area contributed by atoms with Crippen LogP contribution in [0, 0.1) is 10.8 Å². The summed E-state index contributed by atoms with van der Waals surface area (Å²) in [6.07, 6.45) is 1.16. The number of anilines is 3. The quantitative estimate of drug-likeness (QED) is 0.432. The van der Waals surface area contributed by atoms with E-state index in [-0.39, 0.29) is 16.2 Å². The van der Waals surface area contributed by atoms with Crippen molar-refractivity contribution in [2.75, 3.05) is 4.90 Å². The van der Waals surface area contributed by atoms with Gasteiger partial charge in [-0.2, -0.15) is 0 Å². The SMILES string of the molecule is CC1(C)Cc2cc(N(c3ccccc3)c3ccccc3)cc3c2C1C(C)(C)C3(C)C. The lowest BCUT2D eigenvalue weighted by atomic mass is 9.59. The Morgan fingerprint density at radius 2 is 1.23 bits per heavy atom. The molecule has 0 bridgehead atoms.